The monoisotopic (exact) mass is 583 g/mol. The zero-order chi connectivity index (χ0) is 30.2. The minimum Gasteiger partial charge on any atom is -0.484 e. The largest absolute Gasteiger partial charge is 0.484 e. The number of carbonyl (C=O) groups is 1. The molecule has 1 atom stereocenters. The van der Waals surface area contributed by atoms with Crippen molar-refractivity contribution in [3.05, 3.63) is 69.7 Å². The number of aromatic nitrogens is 5. The van der Waals surface area contributed by atoms with E-state index in [0.717, 1.165) is 16.6 Å². The molecule has 2 N–H and O–H groups in total. The van der Waals surface area contributed by atoms with Crippen LogP contribution in [0.25, 0.3) is 38.9 Å². The maximum atomic E-state index is 16.4. The molecule has 0 aliphatic carbocycles. The third-order valence-corrected chi connectivity index (χ3v) is 8.49. The van der Waals surface area contributed by atoms with E-state index in [2.05, 4.69) is 15.2 Å². The van der Waals surface area contributed by atoms with Gasteiger partial charge in [0.05, 0.1) is 34.8 Å². The highest BCUT2D eigenvalue weighted by Crippen LogP contribution is 2.42. The number of anilines is 1. The van der Waals surface area contributed by atoms with Crippen LogP contribution in [0.4, 0.5) is 14.9 Å². The predicted octanol–water partition coefficient (Wildman–Crippen LogP) is 4.76. The summed E-state index contributed by atoms with van der Waals surface area (Å²) in [5.41, 5.74) is 4.59. The standard InChI is InChI=1S/C31H30FN7O4/c1-15(2)24-26(17(4)7-8-33-24)39-29-19(11-21(32)25(35-29)23-16(3)5-6-22-20(23)12-34-36-22)27-28(30(39)40)43-14-18-13-37(31(41)42)9-10-38(18)27/h5-8,11-12,15,18H,9-10,13-14H2,1-4H3,(H,34,36)(H,41,42)/t18-/m1/s1. The summed E-state index contributed by atoms with van der Waals surface area (Å²) in [6.07, 6.45) is 2.34. The maximum Gasteiger partial charge on any atom is 0.407 e. The molecule has 0 unspecified atom stereocenters. The number of H-pyrrole nitrogens is 1. The third kappa shape index (κ3) is 4.03. The first-order chi connectivity index (χ1) is 20.7. The molecule has 7 rings (SSSR count). The highest BCUT2D eigenvalue weighted by molar-refractivity contribution is 6.00. The van der Waals surface area contributed by atoms with Crippen LogP contribution in [0.2, 0.25) is 0 Å². The van der Waals surface area contributed by atoms with Gasteiger partial charge in [-0.05, 0) is 49.1 Å². The van der Waals surface area contributed by atoms with Crippen LogP contribution in [0.1, 0.15) is 36.6 Å². The fourth-order valence-corrected chi connectivity index (χ4v) is 6.41. The van der Waals surface area contributed by atoms with E-state index in [1.54, 1.807) is 12.4 Å². The van der Waals surface area contributed by atoms with E-state index in [0.29, 0.717) is 39.9 Å². The van der Waals surface area contributed by atoms with E-state index in [1.165, 1.54) is 15.5 Å². The summed E-state index contributed by atoms with van der Waals surface area (Å²) < 4.78 is 24.0. The van der Waals surface area contributed by atoms with Crippen molar-refractivity contribution in [1.29, 1.82) is 0 Å². The Morgan fingerprint density at radius 2 is 1.95 bits per heavy atom. The van der Waals surface area contributed by atoms with E-state index < -0.39 is 17.5 Å². The van der Waals surface area contributed by atoms with E-state index in [1.807, 2.05) is 50.8 Å². The highest BCUT2D eigenvalue weighted by atomic mass is 19.1. The Bertz CT molecular complexity index is 2020. The number of nitrogens with one attached hydrogen (secondary N) is 1. The number of pyridine rings is 3. The number of rotatable bonds is 3. The molecule has 4 aromatic heterocycles. The molecule has 2 aliphatic rings. The lowest BCUT2D eigenvalue weighted by atomic mass is 9.99. The molecule has 12 heteroatoms. The number of benzene rings is 1. The Hall–Kier alpha value is -5.00. The number of carboxylic acid groups (broad SMARTS) is 1. The van der Waals surface area contributed by atoms with Crippen molar-refractivity contribution in [1.82, 2.24) is 29.6 Å². The molecule has 220 valence electrons. The van der Waals surface area contributed by atoms with Crippen LogP contribution in [0.15, 0.2) is 41.5 Å². The Balaban J connectivity index is 1.58. The number of nitrogens with zero attached hydrogens (tertiary/aromatic N) is 6. The zero-order valence-corrected chi connectivity index (χ0v) is 24.2. The van der Waals surface area contributed by atoms with Gasteiger partial charge in [0.25, 0.3) is 0 Å². The number of halogens is 1. The maximum absolute atomic E-state index is 16.4. The van der Waals surface area contributed by atoms with Crippen LogP contribution in [-0.2, 0) is 0 Å². The van der Waals surface area contributed by atoms with Crippen molar-refractivity contribution in [3.63, 3.8) is 0 Å². The molecule has 11 nitrogen and oxygen atoms in total. The minimum atomic E-state index is -1.01. The van der Waals surface area contributed by atoms with Crippen molar-refractivity contribution < 1.29 is 19.0 Å². The van der Waals surface area contributed by atoms with Crippen LogP contribution in [0.3, 0.4) is 0 Å². The second kappa shape index (κ2) is 9.79. The van der Waals surface area contributed by atoms with Gasteiger partial charge >= 0.3 is 11.7 Å². The molecule has 43 heavy (non-hydrogen) atoms. The summed E-state index contributed by atoms with van der Waals surface area (Å²) in [7, 11) is 0. The van der Waals surface area contributed by atoms with Crippen molar-refractivity contribution in [2.24, 2.45) is 0 Å². The van der Waals surface area contributed by atoms with Gasteiger partial charge in [0.1, 0.15) is 18.1 Å². The second-order valence-electron chi connectivity index (χ2n) is 11.5. The Morgan fingerprint density at radius 1 is 1.14 bits per heavy atom. The van der Waals surface area contributed by atoms with E-state index in [-0.39, 0.29) is 48.7 Å². The zero-order valence-electron chi connectivity index (χ0n) is 24.2. The van der Waals surface area contributed by atoms with Gasteiger partial charge < -0.3 is 19.6 Å². The number of ether oxygens (including phenoxy) is 1. The summed E-state index contributed by atoms with van der Waals surface area (Å²) in [4.78, 5) is 39.1. The van der Waals surface area contributed by atoms with Crippen molar-refractivity contribution in [2.45, 2.75) is 39.7 Å². The van der Waals surface area contributed by atoms with Crippen molar-refractivity contribution >= 4 is 33.7 Å². The van der Waals surface area contributed by atoms with Gasteiger partial charge in [-0.1, -0.05) is 19.9 Å². The quantitative estimate of drug-likeness (QED) is 0.311. The SMILES string of the molecule is Cc1ccnc(C(C)C)c1-n1c(=O)c2c(c3cc(F)c(-c4c(C)ccc5[nH]ncc45)nc31)N1CCN(C(=O)O)C[C@@H]1CO2. The van der Waals surface area contributed by atoms with Gasteiger partial charge in [0.15, 0.2) is 5.65 Å². The molecule has 0 saturated carbocycles. The van der Waals surface area contributed by atoms with E-state index in [9.17, 15) is 14.7 Å². The number of piperazine rings is 1. The average molecular weight is 584 g/mol. The average Bonchev–Trinajstić information content (AvgIpc) is 3.46. The number of fused-ring (bicyclic) bond motifs is 6. The van der Waals surface area contributed by atoms with Crippen LogP contribution in [0.5, 0.6) is 5.75 Å². The number of hydrogen-bond donors (Lipinski definition) is 2. The lowest BCUT2D eigenvalue weighted by molar-refractivity contribution is 0.123. The molecular weight excluding hydrogens is 553 g/mol. The molecule has 0 bridgehead atoms. The highest BCUT2D eigenvalue weighted by Gasteiger charge is 2.39. The van der Waals surface area contributed by atoms with Gasteiger partial charge in [0.2, 0.25) is 5.75 Å². The summed E-state index contributed by atoms with van der Waals surface area (Å²) in [6, 6.07) is 6.67. The molecule has 5 aromatic rings. The first-order valence-electron chi connectivity index (χ1n) is 14.2. The first-order valence-corrected chi connectivity index (χ1v) is 14.2. The second-order valence-corrected chi connectivity index (χ2v) is 11.5. The van der Waals surface area contributed by atoms with Crippen LogP contribution in [0, 0.1) is 19.7 Å². The number of aromatic amines is 1. The molecule has 1 fully saturated rings. The molecule has 0 spiro atoms. The fraction of sp³-hybridized carbons (Fsp3) is 0.323. The van der Waals surface area contributed by atoms with Crippen LogP contribution < -0.4 is 15.2 Å². The lowest BCUT2D eigenvalue weighted by Gasteiger charge is -2.45. The summed E-state index contributed by atoms with van der Waals surface area (Å²) in [5.74, 6) is -0.494. The van der Waals surface area contributed by atoms with E-state index in [4.69, 9.17) is 9.72 Å². The van der Waals surface area contributed by atoms with E-state index >= 15 is 4.39 Å². The molecule has 6 heterocycles. The summed E-state index contributed by atoms with van der Waals surface area (Å²) in [6.45, 7) is 8.68. The third-order valence-electron chi connectivity index (χ3n) is 8.49. The minimum absolute atomic E-state index is 0.0240. The van der Waals surface area contributed by atoms with Crippen molar-refractivity contribution in [2.75, 3.05) is 31.1 Å². The molecule has 1 amide bonds. The molecule has 1 saturated heterocycles. The smallest absolute Gasteiger partial charge is 0.407 e. The molecule has 0 radical (unpaired) electrons. The number of hydrogen-bond acceptors (Lipinski definition) is 7. The lowest BCUT2D eigenvalue weighted by Crippen LogP contribution is -2.58. The predicted molar refractivity (Wildman–Crippen MR) is 160 cm³/mol. The topological polar surface area (TPSA) is 129 Å². The number of aryl methyl sites for hydroxylation is 2. The van der Waals surface area contributed by atoms with Crippen molar-refractivity contribution in [3.8, 4) is 22.7 Å². The van der Waals surface area contributed by atoms with Gasteiger partial charge in [-0.25, -0.2) is 14.2 Å². The van der Waals surface area contributed by atoms with Crippen LogP contribution in [-0.4, -0.2) is 73.1 Å². The van der Waals surface area contributed by atoms with Crippen LogP contribution >= 0.6 is 0 Å². The summed E-state index contributed by atoms with van der Waals surface area (Å²) in [5, 5.41) is 17.8. The summed E-state index contributed by atoms with van der Waals surface area (Å²) >= 11 is 0. The first kappa shape index (κ1) is 26.9. The van der Waals surface area contributed by atoms with Gasteiger partial charge in [0, 0.05) is 42.2 Å². The molecular formula is C31H30FN7O4. The van der Waals surface area contributed by atoms with Gasteiger partial charge in [-0.15, -0.1) is 0 Å². The fourth-order valence-electron chi connectivity index (χ4n) is 6.41. The number of amides is 1. The Kier molecular flexibility index (Phi) is 6.12. The Morgan fingerprint density at radius 3 is 2.72 bits per heavy atom. The molecule has 2 aliphatic heterocycles. The normalized spacial score (nSPS) is 16.5. The molecule has 1 aromatic carbocycles. The van der Waals surface area contributed by atoms with Gasteiger partial charge in [-0.3, -0.25) is 19.4 Å². The Labute approximate surface area is 245 Å². The van der Waals surface area contributed by atoms with Gasteiger partial charge in [-0.2, -0.15) is 5.10 Å².